The molecule has 0 radical (unpaired) electrons. The highest BCUT2D eigenvalue weighted by molar-refractivity contribution is 5.69. The van der Waals surface area contributed by atoms with Gasteiger partial charge in [0.05, 0.1) is 0 Å². The van der Waals surface area contributed by atoms with Crippen molar-refractivity contribution in [3.8, 4) is 16.9 Å². The highest BCUT2D eigenvalue weighted by Gasteiger charge is 2.11. The normalized spacial score (nSPS) is 10.9. The molecule has 0 saturated heterocycles. The van der Waals surface area contributed by atoms with Gasteiger partial charge in [0.2, 0.25) is 0 Å². The van der Waals surface area contributed by atoms with Crippen molar-refractivity contribution >= 4 is 0 Å². The van der Waals surface area contributed by atoms with E-state index in [1.165, 1.54) is 12.1 Å². The second-order valence-corrected chi connectivity index (χ2v) is 4.89. The number of phenols is 1. The molecule has 0 heterocycles. The standard InChI is InChI=1S/C16H17FO/c1-10(2)14-9-15(11(3)7-16(14)18)12-5-4-6-13(17)8-12/h4-10,18H,1-3H3. The lowest BCUT2D eigenvalue weighted by Crippen LogP contribution is -1.92. The fraction of sp³-hybridized carbons (Fsp3) is 0.250. The third kappa shape index (κ3) is 2.37. The highest BCUT2D eigenvalue weighted by Crippen LogP contribution is 2.33. The molecule has 0 aliphatic heterocycles. The van der Waals surface area contributed by atoms with Gasteiger partial charge in [-0.15, -0.1) is 0 Å². The van der Waals surface area contributed by atoms with Crippen LogP contribution in [0.15, 0.2) is 36.4 Å². The van der Waals surface area contributed by atoms with Crippen LogP contribution in [0, 0.1) is 12.7 Å². The van der Waals surface area contributed by atoms with Crippen molar-refractivity contribution in [2.75, 3.05) is 0 Å². The number of phenolic OH excluding ortho intramolecular Hbond substituents is 1. The van der Waals surface area contributed by atoms with E-state index in [1.807, 2.05) is 32.9 Å². The smallest absolute Gasteiger partial charge is 0.123 e. The van der Waals surface area contributed by atoms with E-state index in [0.717, 1.165) is 22.3 Å². The van der Waals surface area contributed by atoms with Crippen LogP contribution in [0.2, 0.25) is 0 Å². The van der Waals surface area contributed by atoms with Crippen molar-refractivity contribution in [1.82, 2.24) is 0 Å². The van der Waals surface area contributed by atoms with Crippen LogP contribution in [0.3, 0.4) is 0 Å². The van der Waals surface area contributed by atoms with Gasteiger partial charge >= 0.3 is 0 Å². The maximum atomic E-state index is 13.3. The molecule has 0 bridgehead atoms. The zero-order valence-electron chi connectivity index (χ0n) is 10.9. The Labute approximate surface area is 107 Å². The summed E-state index contributed by atoms with van der Waals surface area (Å²) in [5.41, 5.74) is 3.65. The van der Waals surface area contributed by atoms with Crippen molar-refractivity contribution in [3.63, 3.8) is 0 Å². The third-order valence-electron chi connectivity index (χ3n) is 3.13. The number of hydrogen-bond acceptors (Lipinski definition) is 1. The van der Waals surface area contributed by atoms with Crippen molar-refractivity contribution < 1.29 is 9.50 Å². The topological polar surface area (TPSA) is 20.2 Å². The van der Waals surface area contributed by atoms with E-state index in [1.54, 1.807) is 12.1 Å². The Balaban J connectivity index is 2.60. The van der Waals surface area contributed by atoms with E-state index >= 15 is 0 Å². The largest absolute Gasteiger partial charge is 0.508 e. The zero-order valence-corrected chi connectivity index (χ0v) is 10.9. The van der Waals surface area contributed by atoms with Crippen molar-refractivity contribution in [3.05, 3.63) is 53.3 Å². The average molecular weight is 244 g/mol. The SMILES string of the molecule is Cc1cc(O)c(C(C)C)cc1-c1cccc(F)c1. The van der Waals surface area contributed by atoms with E-state index in [9.17, 15) is 9.50 Å². The molecule has 2 aromatic carbocycles. The first-order valence-electron chi connectivity index (χ1n) is 6.08. The zero-order chi connectivity index (χ0) is 13.3. The van der Waals surface area contributed by atoms with Crippen molar-refractivity contribution in [1.29, 1.82) is 0 Å². The summed E-state index contributed by atoms with van der Waals surface area (Å²) in [5.74, 6) is 0.298. The Morgan fingerprint density at radius 3 is 2.44 bits per heavy atom. The van der Waals surface area contributed by atoms with Crippen LogP contribution in [-0.4, -0.2) is 5.11 Å². The fourth-order valence-corrected chi connectivity index (χ4v) is 2.14. The first-order chi connectivity index (χ1) is 8.49. The molecular weight excluding hydrogens is 227 g/mol. The lowest BCUT2D eigenvalue weighted by atomic mass is 9.93. The number of hydrogen-bond donors (Lipinski definition) is 1. The Morgan fingerprint density at radius 1 is 1.11 bits per heavy atom. The molecule has 0 amide bonds. The molecule has 1 nitrogen and oxygen atoms in total. The molecule has 0 spiro atoms. The fourth-order valence-electron chi connectivity index (χ4n) is 2.14. The van der Waals surface area contributed by atoms with Gasteiger partial charge in [-0.05, 0) is 59.4 Å². The predicted molar refractivity (Wildman–Crippen MR) is 72.3 cm³/mol. The molecule has 0 fully saturated rings. The number of rotatable bonds is 2. The Kier molecular flexibility index (Phi) is 3.37. The highest BCUT2D eigenvalue weighted by atomic mass is 19.1. The molecule has 1 N–H and O–H groups in total. The van der Waals surface area contributed by atoms with Crippen molar-refractivity contribution in [2.45, 2.75) is 26.7 Å². The molecule has 0 saturated carbocycles. The van der Waals surface area contributed by atoms with Crippen LogP contribution in [0.4, 0.5) is 4.39 Å². The second kappa shape index (κ2) is 4.81. The van der Waals surface area contributed by atoms with Gasteiger partial charge in [0.1, 0.15) is 11.6 Å². The number of halogens is 1. The van der Waals surface area contributed by atoms with Gasteiger partial charge < -0.3 is 5.11 Å². The van der Waals surface area contributed by atoms with E-state index < -0.39 is 0 Å². The first-order valence-corrected chi connectivity index (χ1v) is 6.08. The molecule has 0 atom stereocenters. The van der Waals surface area contributed by atoms with E-state index in [4.69, 9.17) is 0 Å². The summed E-state index contributed by atoms with van der Waals surface area (Å²) in [4.78, 5) is 0. The molecule has 2 heteroatoms. The summed E-state index contributed by atoms with van der Waals surface area (Å²) >= 11 is 0. The quantitative estimate of drug-likeness (QED) is 0.816. The molecular formula is C16H17FO. The minimum absolute atomic E-state index is 0.234. The molecule has 0 aliphatic carbocycles. The molecule has 2 rings (SSSR count). The number of aryl methyl sites for hydroxylation is 1. The van der Waals surface area contributed by atoms with Gasteiger partial charge in [-0.1, -0.05) is 26.0 Å². The van der Waals surface area contributed by atoms with Gasteiger partial charge in [-0.25, -0.2) is 4.39 Å². The van der Waals surface area contributed by atoms with E-state index in [2.05, 4.69) is 0 Å². The maximum absolute atomic E-state index is 13.3. The Morgan fingerprint density at radius 2 is 1.83 bits per heavy atom. The summed E-state index contributed by atoms with van der Waals surface area (Å²) in [6.07, 6.45) is 0. The minimum atomic E-state index is -0.244. The molecule has 0 aliphatic rings. The van der Waals surface area contributed by atoms with Crippen LogP contribution < -0.4 is 0 Å². The summed E-state index contributed by atoms with van der Waals surface area (Å²) < 4.78 is 13.3. The van der Waals surface area contributed by atoms with Crippen molar-refractivity contribution in [2.24, 2.45) is 0 Å². The van der Waals surface area contributed by atoms with Crippen LogP contribution >= 0.6 is 0 Å². The van der Waals surface area contributed by atoms with E-state index in [0.29, 0.717) is 5.75 Å². The van der Waals surface area contributed by atoms with E-state index in [-0.39, 0.29) is 11.7 Å². The van der Waals surface area contributed by atoms with Gasteiger partial charge in [0.25, 0.3) is 0 Å². The predicted octanol–water partition coefficient (Wildman–Crippen LogP) is 4.63. The lowest BCUT2D eigenvalue weighted by molar-refractivity contribution is 0.464. The van der Waals surface area contributed by atoms with Crippen LogP contribution in [0.25, 0.3) is 11.1 Å². The number of aromatic hydroxyl groups is 1. The minimum Gasteiger partial charge on any atom is -0.508 e. The first kappa shape index (κ1) is 12.6. The summed E-state index contributed by atoms with van der Waals surface area (Å²) in [6, 6.07) is 10.2. The average Bonchev–Trinajstić information content (AvgIpc) is 2.28. The summed E-state index contributed by atoms with van der Waals surface area (Å²) in [6.45, 7) is 5.98. The van der Waals surface area contributed by atoms with Crippen LogP contribution in [0.5, 0.6) is 5.75 Å². The Bertz CT molecular complexity index is 573. The van der Waals surface area contributed by atoms with Gasteiger partial charge in [-0.3, -0.25) is 0 Å². The molecule has 18 heavy (non-hydrogen) atoms. The Hall–Kier alpha value is -1.83. The van der Waals surface area contributed by atoms with Gasteiger partial charge in [-0.2, -0.15) is 0 Å². The van der Waals surface area contributed by atoms with Crippen LogP contribution in [-0.2, 0) is 0 Å². The summed E-state index contributed by atoms with van der Waals surface area (Å²) in [5, 5.41) is 9.91. The molecule has 0 unspecified atom stereocenters. The molecule has 94 valence electrons. The maximum Gasteiger partial charge on any atom is 0.123 e. The monoisotopic (exact) mass is 244 g/mol. The molecule has 0 aromatic heterocycles. The second-order valence-electron chi connectivity index (χ2n) is 4.89. The number of benzene rings is 2. The lowest BCUT2D eigenvalue weighted by Gasteiger charge is -2.14. The molecule has 2 aromatic rings. The van der Waals surface area contributed by atoms with Gasteiger partial charge in [0.15, 0.2) is 0 Å². The third-order valence-corrected chi connectivity index (χ3v) is 3.13. The summed E-state index contributed by atoms with van der Waals surface area (Å²) in [7, 11) is 0. The van der Waals surface area contributed by atoms with Gasteiger partial charge in [0, 0.05) is 0 Å². The van der Waals surface area contributed by atoms with Crippen LogP contribution in [0.1, 0.15) is 30.9 Å².